The number of fused-ring (bicyclic) bond motifs is 1. The van der Waals surface area contributed by atoms with Crippen LogP contribution in [0.2, 0.25) is 0 Å². The fraction of sp³-hybridized carbons (Fsp3) is 0.409. The molecule has 5 nitrogen and oxygen atoms in total. The lowest BCUT2D eigenvalue weighted by molar-refractivity contribution is -0.122. The van der Waals surface area contributed by atoms with Gasteiger partial charge in [-0.15, -0.1) is 11.8 Å². The monoisotopic (exact) mass is 414 g/mol. The number of carbonyl (C=O) groups excluding carboxylic acids is 2. The van der Waals surface area contributed by atoms with Crippen molar-refractivity contribution in [2.24, 2.45) is 0 Å². The van der Waals surface area contributed by atoms with Gasteiger partial charge in [-0.3, -0.25) is 9.59 Å². The highest BCUT2D eigenvalue weighted by molar-refractivity contribution is 7.99. The number of benzene rings is 1. The fourth-order valence-electron chi connectivity index (χ4n) is 3.68. The van der Waals surface area contributed by atoms with Gasteiger partial charge in [0.1, 0.15) is 11.6 Å². The number of amides is 1. The minimum absolute atomic E-state index is 0.0665. The number of pyridine rings is 1. The van der Waals surface area contributed by atoms with Crippen LogP contribution in [0.1, 0.15) is 48.5 Å². The van der Waals surface area contributed by atoms with E-state index in [4.69, 9.17) is 4.74 Å². The summed E-state index contributed by atoms with van der Waals surface area (Å²) >= 11 is 1.70. The minimum atomic E-state index is -0.637. The number of Topliss-reactive ketones (excluding diaryl/α,β-unsaturated/α-hetero) is 1. The third-order valence-electron chi connectivity index (χ3n) is 5.29. The molecule has 0 radical (unpaired) electrons. The summed E-state index contributed by atoms with van der Waals surface area (Å²) in [4.78, 5) is 30.7. The van der Waals surface area contributed by atoms with Crippen molar-refractivity contribution in [1.82, 2.24) is 4.98 Å². The standard InChI is InChI=1S/C22H23FN2O3S/c1-2-3-10-29-21-7-4-15(13-24-21)28-20-8-9-25(22(20)27)14-11-17-16(18(23)12-14)5-6-19(17)26/h4,7,11-13,20H,2-3,5-6,8-10H2,1H3/t20-/m1/s1. The van der Waals surface area contributed by atoms with E-state index in [0.717, 1.165) is 23.6 Å². The van der Waals surface area contributed by atoms with E-state index < -0.39 is 11.9 Å². The summed E-state index contributed by atoms with van der Waals surface area (Å²) in [5.41, 5.74) is 1.28. The predicted molar refractivity (Wildman–Crippen MR) is 110 cm³/mol. The highest BCUT2D eigenvalue weighted by atomic mass is 32.2. The lowest BCUT2D eigenvalue weighted by Crippen LogP contribution is -2.32. The van der Waals surface area contributed by atoms with Gasteiger partial charge in [-0.2, -0.15) is 0 Å². The molecule has 152 valence electrons. The molecule has 1 amide bonds. The van der Waals surface area contributed by atoms with Crippen molar-refractivity contribution in [1.29, 1.82) is 0 Å². The van der Waals surface area contributed by atoms with Crippen molar-refractivity contribution in [3.8, 4) is 5.75 Å². The largest absolute Gasteiger partial charge is 0.479 e. The van der Waals surface area contributed by atoms with Gasteiger partial charge in [0.2, 0.25) is 0 Å². The topological polar surface area (TPSA) is 59.5 Å². The van der Waals surface area contributed by atoms with E-state index in [-0.39, 0.29) is 11.7 Å². The molecule has 1 aromatic heterocycles. The number of ketones is 1. The Morgan fingerprint density at radius 3 is 2.90 bits per heavy atom. The zero-order valence-corrected chi connectivity index (χ0v) is 17.1. The second-order valence-corrected chi connectivity index (χ2v) is 8.41. The molecule has 1 aliphatic carbocycles. The molecule has 1 atom stereocenters. The quantitative estimate of drug-likeness (QED) is 0.496. The zero-order chi connectivity index (χ0) is 20.4. The Morgan fingerprint density at radius 2 is 2.14 bits per heavy atom. The average Bonchev–Trinajstić information content (AvgIpc) is 3.27. The summed E-state index contributed by atoms with van der Waals surface area (Å²) in [6, 6.07) is 6.71. The second kappa shape index (κ2) is 8.53. The number of carbonyl (C=O) groups is 2. The predicted octanol–water partition coefficient (Wildman–Crippen LogP) is 4.43. The number of hydrogen-bond donors (Lipinski definition) is 0. The van der Waals surface area contributed by atoms with E-state index in [0.29, 0.717) is 48.4 Å². The lowest BCUT2D eigenvalue weighted by atomic mass is 10.1. The Morgan fingerprint density at radius 1 is 1.28 bits per heavy atom. The summed E-state index contributed by atoms with van der Waals surface area (Å²) in [7, 11) is 0. The van der Waals surface area contributed by atoms with E-state index in [2.05, 4.69) is 11.9 Å². The van der Waals surface area contributed by atoms with Crippen molar-refractivity contribution in [3.63, 3.8) is 0 Å². The smallest absolute Gasteiger partial charge is 0.268 e. The SMILES string of the molecule is CCCCSc1ccc(O[C@@H]2CCN(c3cc(F)c4c(c3)C(=O)CC4)C2=O)cn1. The molecule has 2 aromatic rings. The molecule has 0 spiro atoms. The molecule has 4 rings (SSSR count). The average molecular weight is 415 g/mol. The Labute approximate surface area is 173 Å². The first-order chi connectivity index (χ1) is 14.1. The van der Waals surface area contributed by atoms with Gasteiger partial charge in [-0.25, -0.2) is 9.37 Å². The van der Waals surface area contributed by atoms with Crippen LogP contribution in [0.15, 0.2) is 35.5 Å². The van der Waals surface area contributed by atoms with Crippen LogP contribution in [0.4, 0.5) is 10.1 Å². The Bertz CT molecular complexity index is 932. The first-order valence-corrected chi connectivity index (χ1v) is 11.0. The maximum atomic E-state index is 14.4. The van der Waals surface area contributed by atoms with Crippen molar-refractivity contribution >= 4 is 29.1 Å². The maximum Gasteiger partial charge on any atom is 0.268 e. The van der Waals surface area contributed by atoms with Crippen LogP contribution in [-0.2, 0) is 11.2 Å². The number of thioether (sulfide) groups is 1. The van der Waals surface area contributed by atoms with Crippen LogP contribution in [0.3, 0.4) is 0 Å². The summed E-state index contributed by atoms with van der Waals surface area (Å²) in [6.07, 6.45) is 4.55. The minimum Gasteiger partial charge on any atom is -0.479 e. The van der Waals surface area contributed by atoms with Crippen molar-refractivity contribution in [2.75, 3.05) is 17.2 Å². The van der Waals surface area contributed by atoms with Crippen LogP contribution in [0.5, 0.6) is 5.75 Å². The number of nitrogens with zero attached hydrogens (tertiary/aromatic N) is 2. The summed E-state index contributed by atoms with van der Waals surface area (Å²) in [5.74, 6) is 0.861. The molecule has 1 fully saturated rings. The van der Waals surface area contributed by atoms with Gasteiger partial charge >= 0.3 is 0 Å². The van der Waals surface area contributed by atoms with Crippen molar-refractivity contribution in [3.05, 3.63) is 47.4 Å². The van der Waals surface area contributed by atoms with Crippen molar-refractivity contribution < 1.29 is 18.7 Å². The van der Waals surface area contributed by atoms with Gasteiger partial charge in [0.15, 0.2) is 11.9 Å². The number of aromatic nitrogens is 1. The Hall–Kier alpha value is -2.41. The molecule has 7 heteroatoms. The van der Waals surface area contributed by atoms with E-state index in [9.17, 15) is 14.0 Å². The van der Waals surface area contributed by atoms with Gasteiger partial charge in [-0.05, 0) is 48.4 Å². The molecule has 1 aliphatic heterocycles. The molecule has 29 heavy (non-hydrogen) atoms. The molecule has 2 heterocycles. The number of hydrogen-bond acceptors (Lipinski definition) is 5. The van der Waals surface area contributed by atoms with E-state index in [1.54, 1.807) is 24.0 Å². The number of halogens is 1. The van der Waals surface area contributed by atoms with E-state index >= 15 is 0 Å². The first-order valence-electron chi connectivity index (χ1n) is 9.99. The number of ether oxygens (including phenoxy) is 1. The third-order valence-corrected chi connectivity index (χ3v) is 6.32. The zero-order valence-electron chi connectivity index (χ0n) is 16.3. The highest BCUT2D eigenvalue weighted by Gasteiger charge is 2.36. The molecule has 0 saturated carbocycles. The summed E-state index contributed by atoms with van der Waals surface area (Å²) in [6.45, 7) is 2.58. The normalized spacial score (nSPS) is 18.4. The van der Waals surface area contributed by atoms with Crippen molar-refractivity contribution in [2.45, 2.75) is 50.2 Å². The second-order valence-electron chi connectivity index (χ2n) is 7.30. The van der Waals surface area contributed by atoms with Crippen LogP contribution in [0, 0.1) is 5.82 Å². The molecule has 2 aliphatic rings. The van der Waals surface area contributed by atoms with Gasteiger partial charge in [-0.1, -0.05) is 13.3 Å². The lowest BCUT2D eigenvalue weighted by Gasteiger charge is -2.18. The van der Waals surface area contributed by atoms with E-state index in [1.807, 2.05) is 12.1 Å². The maximum absolute atomic E-state index is 14.4. The fourth-order valence-corrected chi connectivity index (χ4v) is 4.61. The number of rotatable bonds is 7. The number of anilines is 1. The summed E-state index contributed by atoms with van der Waals surface area (Å²) in [5, 5.41) is 0.934. The van der Waals surface area contributed by atoms with Gasteiger partial charge < -0.3 is 9.64 Å². The summed E-state index contributed by atoms with van der Waals surface area (Å²) < 4.78 is 20.2. The molecule has 1 aromatic carbocycles. The number of unbranched alkanes of at least 4 members (excludes halogenated alkanes) is 1. The van der Waals surface area contributed by atoms with Crippen LogP contribution < -0.4 is 9.64 Å². The molecule has 1 saturated heterocycles. The van der Waals surface area contributed by atoms with Gasteiger partial charge in [0, 0.05) is 30.6 Å². The van der Waals surface area contributed by atoms with Gasteiger partial charge in [0.25, 0.3) is 5.91 Å². The molecular formula is C22H23FN2O3S. The van der Waals surface area contributed by atoms with Crippen LogP contribution in [-0.4, -0.2) is 35.1 Å². The highest BCUT2D eigenvalue weighted by Crippen LogP contribution is 2.32. The Kier molecular flexibility index (Phi) is 5.85. The third kappa shape index (κ3) is 4.15. The van der Waals surface area contributed by atoms with E-state index in [1.165, 1.54) is 11.0 Å². The molecule has 0 unspecified atom stereocenters. The van der Waals surface area contributed by atoms with Gasteiger partial charge in [0.05, 0.1) is 11.2 Å². The molecule has 0 N–H and O–H groups in total. The Balaban J connectivity index is 1.42. The first kappa shape index (κ1) is 19.9. The molecule has 0 bridgehead atoms. The van der Waals surface area contributed by atoms with Crippen LogP contribution >= 0.6 is 11.8 Å². The molecular weight excluding hydrogens is 391 g/mol. The van der Waals surface area contributed by atoms with Crippen LogP contribution in [0.25, 0.3) is 0 Å².